The van der Waals surface area contributed by atoms with E-state index in [0.717, 1.165) is 48.3 Å². The normalized spacial score (nSPS) is 15.9. The number of amides is 1. The Morgan fingerprint density at radius 1 is 1.00 bits per heavy atom. The van der Waals surface area contributed by atoms with E-state index in [9.17, 15) is 4.79 Å². The smallest absolute Gasteiger partial charge is 0.254 e. The number of halogens is 1. The average Bonchev–Trinajstić information content (AvgIpc) is 2.84. The van der Waals surface area contributed by atoms with E-state index in [0.29, 0.717) is 0 Å². The molecule has 3 rings (SSSR count). The van der Waals surface area contributed by atoms with Crippen LogP contribution in [0.3, 0.4) is 0 Å². The van der Waals surface area contributed by atoms with Crippen LogP contribution >= 0.6 is 22.6 Å². The summed E-state index contributed by atoms with van der Waals surface area (Å²) in [5.74, 6) is 0.172. The van der Waals surface area contributed by atoms with Crippen molar-refractivity contribution in [2.24, 2.45) is 0 Å². The minimum absolute atomic E-state index is 0.172. The van der Waals surface area contributed by atoms with Gasteiger partial charge in [-0.05, 0) is 60.1 Å². The lowest BCUT2D eigenvalue weighted by Gasteiger charge is -2.23. The van der Waals surface area contributed by atoms with Gasteiger partial charge in [-0.1, -0.05) is 42.0 Å². The van der Waals surface area contributed by atoms with Crippen LogP contribution in [0.1, 0.15) is 33.5 Å². The van der Waals surface area contributed by atoms with Crippen molar-refractivity contribution in [1.29, 1.82) is 0 Å². The number of hydrogen-bond acceptors (Lipinski definition) is 2. The molecule has 0 bridgehead atoms. The SMILES string of the molecule is Cc1ccc(CN2CCCN(C(=O)c3cccc(C)c3I)CC2)cc1. The fourth-order valence-corrected chi connectivity index (χ4v) is 3.86. The van der Waals surface area contributed by atoms with E-state index in [1.54, 1.807) is 0 Å². The van der Waals surface area contributed by atoms with Crippen molar-refractivity contribution in [3.05, 3.63) is 68.3 Å². The van der Waals surface area contributed by atoms with Gasteiger partial charge in [-0.15, -0.1) is 0 Å². The van der Waals surface area contributed by atoms with E-state index in [1.165, 1.54) is 16.7 Å². The van der Waals surface area contributed by atoms with E-state index in [4.69, 9.17) is 0 Å². The van der Waals surface area contributed by atoms with E-state index in [-0.39, 0.29) is 5.91 Å². The van der Waals surface area contributed by atoms with Crippen molar-refractivity contribution < 1.29 is 4.79 Å². The van der Waals surface area contributed by atoms with E-state index in [2.05, 4.69) is 71.7 Å². The molecule has 1 fully saturated rings. The van der Waals surface area contributed by atoms with Gasteiger partial charge in [0.05, 0.1) is 5.56 Å². The van der Waals surface area contributed by atoms with Gasteiger partial charge in [-0.2, -0.15) is 0 Å². The number of hydrogen-bond donors (Lipinski definition) is 0. The zero-order valence-corrected chi connectivity index (χ0v) is 17.1. The number of rotatable bonds is 3. The Balaban J connectivity index is 1.64. The van der Waals surface area contributed by atoms with Crippen LogP contribution in [-0.2, 0) is 6.54 Å². The molecule has 0 N–H and O–H groups in total. The van der Waals surface area contributed by atoms with Crippen LogP contribution in [0.15, 0.2) is 42.5 Å². The predicted molar refractivity (Wildman–Crippen MR) is 111 cm³/mol. The third-order valence-corrected chi connectivity index (χ3v) is 6.26. The second-order valence-corrected chi connectivity index (χ2v) is 7.92. The highest BCUT2D eigenvalue weighted by atomic mass is 127. The van der Waals surface area contributed by atoms with Crippen LogP contribution in [0, 0.1) is 17.4 Å². The molecule has 3 nitrogen and oxygen atoms in total. The fraction of sp³-hybridized carbons (Fsp3) is 0.381. The summed E-state index contributed by atoms with van der Waals surface area (Å²) in [4.78, 5) is 17.4. The summed E-state index contributed by atoms with van der Waals surface area (Å²) in [5.41, 5.74) is 4.65. The molecule has 1 aliphatic heterocycles. The second-order valence-electron chi connectivity index (χ2n) is 6.84. The maximum atomic E-state index is 12.9. The molecule has 1 saturated heterocycles. The summed E-state index contributed by atoms with van der Waals surface area (Å²) < 4.78 is 1.07. The lowest BCUT2D eigenvalue weighted by Crippen LogP contribution is -2.35. The molecular weight excluding hydrogens is 423 g/mol. The molecule has 1 amide bonds. The Morgan fingerprint density at radius 2 is 1.76 bits per heavy atom. The third-order valence-electron chi connectivity index (χ3n) is 4.82. The lowest BCUT2D eigenvalue weighted by atomic mass is 10.1. The molecule has 25 heavy (non-hydrogen) atoms. The third kappa shape index (κ3) is 4.61. The molecular formula is C21H25IN2O. The highest BCUT2D eigenvalue weighted by Gasteiger charge is 2.22. The van der Waals surface area contributed by atoms with Crippen LogP contribution in [-0.4, -0.2) is 41.9 Å². The Labute approximate surface area is 164 Å². The standard InChI is InChI=1S/C21H25IN2O/c1-16-7-9-18(10-8-16)15-23-11-4-12-24(14-13-23)21(25)19-6-3-5-17(2)20(19)22/h3,5-10H,4,11-15H2,1-2H3. The molecule has 2 aromatic carbocycles. The van der Waals surface area contributed by atoms with Gasteiger partial charge in [0.2, 0.25) is 0 Å². The first-order chi connectivity index (χ1) is 12.0. The largest absolute Gasteiger partial charge is 0.337 e. The first-order valence-corrected chi connectivity index (χ1v) is 9.95. The molecule has 4 heteroatoms. The molecule has 0 aliphatic carbocycles. The van der Waals surface area contributed by atoms with E-state index in [1.807, 2.05) is 17.0 Å². The molecule has 1 heterocycles. The van der Waals surface area contributed by atoms with Gasteiger partial charge in [-0.3, -0.25) is 9.69 Å². The van der Waals surface area contributed by atoms with Gasteiger partial charge in [0.25, 0.3) is 5.91 Å². The van der Waals surface area contributed by atoms with Crippen LogP contribution in [0.2, 0.25) is 0 Å². The zero-order chi connectivity index (χ0) is 17.8. The lowest BCUT2D eigenvalue weighted by molar-refractivity contribution is 0.0760. The van der Waals surface area contributed by atoms with Crippen molar-refractivity contribution >= 4 is 28.5 Å². The van der Waals surface area contributed by atoms with Crippen molar-refractivity contribution in [2.75, 3.05) is 26.2 Å². The fourth-order valence-electron chi connectivity index (χ4n) is 3.27. The van der Waals surface area contributed by atoms with Crippen molar-refractivity contribution in [3.63, 3.8) is 0 Å². The quantitative estimate of drug-likeness (QED) is 0.656. The first-order valence-electron chi connectivity index (χ1n) is 8.87. The molecule has 0 atom stereocenters. The number of carbonyl (C=O) groups is 1. The van der Waals surface area contributed by atoms with Gasteiger partial charge < -0.3 is 4.90 Å². The van der Waals surface area contributed by atoms with Gasteiger partial charge >= 0.3 is 0 Å². The highest BCUT2D eigenvalue weighted by molar-refractivity contribution is 14.1. The molecule has 1 aliphatic rings. The predicted octanol–water partition coefficient (Wildman–Crippen LogP) is 4.26. The zero-order valence-electron chi connectivity index (χ0n) is 15.0. The van der Waals surface area contributed by atoms with Crippen LogP contribution < -0.4 is 0 Å². The monoisotopic (exact) mass is 448 g/mol. The topological polar surface area (TPSA) is 23.6 Å². The first kappa shape index (κ1) is 18.4. The highest BCUT2D eigenvalue weighted by Crippen LogP contribution is 2.19. The summed E-state index contributed by atoms with van der Waals surface area (Å²) in [5, 5.41) is 0. The molecule has 0 unspecified atom stereocenters. The van der Waals surface area contributed by atoms with E-state index >= 15 is 0 Å². The maximum absolute atomic E-state index is 12.9. The van der Waals surface area contributed by atoms with Crippen LogP contribution in [0.5, 0.6) is 0 Å². The number of benzene rings is 2. The minimum atomic E-state index is 0.172. The Hall–Kier alpha value is -1.40. The van der Waals surface area contributed by atoms with Crippen LogP contribution in [0.25, 0.3) is 0 Å². The Kier molecular flexibility index (Phi) is 6.12. The van der Waals surface area contributed by atoms with Crippen molar-refractivity contribution in [2.45, 2.75) is 26.8 Å². The molecule has 0 saturated carbocycles. The summed E-state index contributed by atoms with van der Waals surface area (Å²) in [6, 6.07) is 14.7. The number of nitrogens with zero attached hydrogens (tertiary/aromatic N) is 2. The average molecular weight is 448 g/mol. The van der Waals surface area contributed by atoms with Crippen molar-refractivity contribution in [1.82, 2.24) is 9.80 Å². The summed E-state index contributed by atoms with van der Waals surface area (Å²) in [7, 11) is 0. The van der Waals surface area contributed by atoms with Gasteiger partial charge in [0.15, 0.2) is 0 Å². The Morgan fingerprint density at radius 3 is 2.52 bits per heavy atom. The summed E-state index contributed by atoms with van der Waals surface area (Å²) in [6.07, 6.45) is 1.03. The maximum Gasteiger partial charge on any atom is 0.254 e. The Bertz CT molecular complexity index is 742. The molecule has 0 spiro atoms. The molecule has 0 radical (unpaired) electrons. The molecule has 132 valence electrons. The number of aryl methyl sites for hydroxylation is 2. The minimum Gasteiger partial charge on any atom is -0.337 e. The summed E-state index contributed by atoms with van der Waals surface area (Å²) in [6.45, 7) is 8.76. The van der Waals surface area contributed by atoms with Crippen LogP contribution in [0.4, 0.5) is 0 Å². The van der Waals surface area contributed by atoms with Gasteiger partial charge in [0, 0.05) is 36.3 Å². The molecule has 2 aromatic rings. The number of carbonyl (C=O) groups excluding carboxylic acids is 1. The second kappa shape index (κ2) is 8.32. The van der Waals surface area contributed by atoms with Crippen molar-refractivity contribution in [3.8, 4) is 0 Å². The van der Waals surface area contributed by atoms with Gasteiger partial charge in [0.1, 0.15) is 0 Å². The summed E-state index contributed by atoms with van der Waals surface area (Å²) >= 11 is 2.29. The molecule has 0 aromatic heterocycles. The van der Waals surface area contributed by atoms with E-state index < -0.39 is 0 Å². The van der Waals surface area contributed by atoms with Gasteiger partial charge in [-0.25, -0.2) is 0 Å².